The Morgan fingerprint density at radius 3 is 2.20 bits per heavy atom. The number of anilines is 1. The lowest BCUT2D eigenvalue weighted by molar-refractivity contribution is 0.272. The highest BCUT2D eigenvalue weighted by Gasteiger charge is 2.20. The monoisotopic (exact) mass is 398 g/mol. The van der Waals surface area contributed by atoms with Gasteiger partial charge < -0.3 is 4.90 Å². The highest BCUT2D eigenvalue weighted by molar-refractivity contribution is 7.91. The van der Waals surface area contributed by atoms with Gasteiger partial charge in [-0.2, -0.15) is 0 Å². The first-order valence-electron chi connectivity index (χ1n) is 8.15. The topological polar surface area (TPSA) is 40.6 Å². The minimum Gasteiger partial charge on any atom is -0.369 e. The molecule has 3 rings (SSSR count). The standard InChI is InChI=1S/C18H20Cl2N2O2S/c19-15-4-6-18(7-5-15)25(23,24)13-12-21-8-10-22(11-9-21)17-3-1-2-16(20)14-17/h1-7,14H,8-13H2. The normalized spacial score (nSPS) is 16.2. The number of piperazine rings is 1. The molecule has 0 saturated carbocycles. The average molecular weight is 399 g/mol. The Labute approximate surface area is 158 Å². The molecule has 1 saturated heterocycles. The van der Waals surface area contributed by atoms with Crippen LogP contribution in [0.4, 0.5) is 5.69 Å². The van der Waals surface area contributed by atoms with Gasteiger partial charge in [-0.25, -0.2) is 8.42 Å². The van der Waals surface area contributed by atoms with Gasteiger partial charge in [-0.05, 0) is 42.5 Å². The largest absolute Gasteiger partial charge is 0.369 e. The molecule has 0 radical (unpaired) electrons. The molecule has 0 aromatic heterocycles. The van der Waals surface area contributed by atoms with E-state index < -0.39 is 9.84 Å². The molecule has 0 N–H and O–H groups in total. The van der Waals surface area contributed by atoms with Gasteiger partial charge >= 0.3 is 0 Å². The Morgan fingerprint density at radius 1 is 0.880 bits per heavy atom. The quantitative estimate of drug-likeness (QED) is 0.771. The molecule has 2 aromatic carbocycles. The van der Waals surface area contributed by atoms with Crippen LogP contribution in [0.25, 0.3) is 0 Å². The van der Waals surface area contributed by atoms with Crippen molar-refractivity contribution in [1.82, 2.24) is 4.90 Å². The third-order valence-electron chi connectivity index (χ3n) is 4.39. The summed E-state index contributed by atoms with van der Waals surface area (Å²) in [5.74, 6) is 0.117. The summed E-state index contributed by atoms with van der Waals surface area (Å²) in [6.07, 6.45) is 0. The zero-order valence-corrected chi connectivity index (χ0v) is 16.1. The van der Waals surface area contributed by atoms with Crippen molar-refractivity contribution in [1.29, 1.82) is 0 Å². The molecule has 4 nitrogen and oxygen atoms in total. The van der Waals surface area contributed by atoms with Crippen molar-refractivity contribution in [2.24, 2.45) is 0 Å². The molecule has 7 heteroatoms. The van der Waals surface area contributed by atoms with Crippen LogP contribution in [0.2, 0.25) is 10.0 Å². The van der Waals surface area contributed by atoms with E-state index in [1.807, 2.05) is 24.3 Å². The van der Waals surface area contributed by atoms with E-state index in [0.29, 0.717) is 16.5 Å². The lowest BCUT2D eigenvalue weighted by Gasteiger charge is -2.36. The fourth-order valence-corrected chi connectivity index (χ4v) is 4.51. The van der Waals surface area contributed by atoms with Crippen molar-refractivity contribution in [2.75, 3.05) is 43.4 Å². The van der Waals surface area contributed by atoms with Crippen LogP contribution in [0, 0.1) is 0 Å². The maximum atomic E-state index is 12.4. The Hall–Kier alpha value is -1.27. The number of hydrogen-bond acceptors (Lipinski definition) is 4. The summed E-state index contributed by atoms with van der Waals surface area (Å²) in [6.45, 7) is 3.93. The van der Waals surface area contributed by atoms with Crippen LogP contribution in [-0.2, 0) is 9.84 Å². The molecule has 1 aliphatic rings. The van der Waals surface area contributed by atoms with E-state index in [9.17, 15) is 8.42 Å². The van der Waals surface area contributed by atoms with Gasteiger partial charge in [0.15, 0.2) is 9.84 Å². The molecular formula is C18H20Cl2N2O2S. The van der Waals surface area contributed by atoms with Gasteiger partial charge in [0.25, 0.3) is 0 Å². The Bertz CT molecular complexity index is 817. The SMILES string of the molecule is O=S(=O)(CCN1CCN(c2cccc(Cl)c2)CC1)c1ccc(Cl)cc1. The molecule has 0 amide bonds. The summed E-state index contributed by atoms with van der Waals surface area (Å²) in [5.41, 5.74) is 1.11. The van der Waals surface area contributed by atoms with E-state index >= 15 is 0 Å². The summed E-state index contributed by atoms with van der Waals surface area (Å²) in [5, 5.41) is 1.27. The number of nitrogens with zero attached hydrogens (tertiary/aromatic N) is 2. The van der Waals surface area contributed by atoms with Gasteiger partial charge in [-0.15, -0.1) is 0 Å². The second-order valence-corrected chi connectivity index (χ2v) is 9.06. The molecule has 25 heavy (non-hydrogen) atoms. The highest BCUT2D eigenvalue weighted by atomic mass is 35.5. The van der Waals surface area contributed by atoms with Crippen LogP contribution in [-0.4, -0.2) is 51.8 Å². The van der Waals surface area contributed by atoms with Gasteiger partial charge in [0.1, 0.15) is 0 Å². The van der Waals surface area contributed by atoms with E-state index in [1.165, 1.54) is 0 Å². The molecule has 0 unspecified atom stereocenters. The van der Waals surface area contributed by atoms with Crippen molar-refractivity contribution in [2.45, 2.75) is 4.90 Å². The lowest BCUT2D eigenvalue weighted by Crippen LogP contribution is -2.47. The zero-order valence-electron chi connectivity index (χ0n) is 13.7. The van der Waals surface area contributed by atoms with Gasteiger partial charge in [-0.1, -0.05) is 29.3 Å². The second kappa shape index (κ2) is 7.96. The van der Waals surface area contributed by atoms with Crippen molar-refractivity contribution >= 4 is 38.7 Å². The molecule has 0 bridgehead atoms. The molecule has 2 aromatic rings. The van der Waals surface area contributed by atoms with E-state index in [1.54, 1.807) is 24.3 Å². The van der Waals surface area contributed by atoms with Crippen LogP contribution >= 0.6 is 23.2 Å². The van der Waals surface area contributed by atoms with Crippen LogP contribution in [0.5, 0.6) is 0 Å². The maximum Gasteiger partial charge on any atom is 0.179 e. The third kappa shape index (κ3) is 4.88. The molecule has 0 spiro atoms. The van der Waals surface area contributed by atoms with Gasteiger partial charge in [-0.3, -0.25) is 4.90 Å². The number of halogens is 2. The summed E-state index contributed by atoms with van der Waals surface area (Å²) in [7, 11) is -3.28. The smallest absolute Gasteiger partial charge is 0.179 e. The Morgan fingerprint density at radius 2 is 1.56 bits per heavy atom. The first kappa shape index (κ1) is 18.5. The molecule has 0 aliphatic carbocycles. The lowest BCUT2D eigenvalue weighted by atomic mass is 10.2. The van der Waals surface area contributed by atoms with Crippen LogP contribution in [0.3, 0.4) is 0 Å². The van der Waals surface area contributed by atoms with Crippen molar-refractivity contribution < 1.29 is 8.42 Å². The first-order valence-corrected chi connectivity index (χ1v) is 10.6. The van der Waals surface area contributed by atoms with Gasteiger partial charge in [0.05, 0.1) is 10.6 Å². The van der Waals surface area contributed by atoms with Crippen molar-refractivity contribution in [3.8, 4) is 0 Å². The van der Waals surface area contributed by atoms with Crippen molar-refractivity contribution in [3.63, 3.8) is 0 Å². The first-order chi connectivity index (χ1) is 11.9. The third-order valence-corrected chi connectivity index (χ3v) is 6.59. The van der Waals surface area contributed by atoms with Crippen LogP contribution in [0.1, 0.15) is 0 Å². The number of sulfone groups is 1. The number of rotatable bonds is 5. The minimum atomic E-state index is -3.28. The van der Waals surface area contributed by atoms with Crippen molar-refractivity contribution in [3.05, 3.63) is 58.6 Å². The predicted molar refractivity (Wildman–Crippen MR) is 104 cm³/mol. The fourth-order valence-electron chi connectivity index (χ4n) is 2.91. The number of hydrogen-bond donors (Lipinski definition) is 0. The number of benzene rings is 2. The second-order valence-electron chi connectivity index (χ2n) is 6.08. The van der Waals surface area contributed by atoms with E-state index in [-0.39, 0.29) is 5.75 Å². The summed E-state index contributed by atoms with van der Waals surface area (Å²) in [4.78, 5) is 4.79. The van der Waals surface area contributed by atoms with Crippen LogP contribution < -0.4 is 4.90 Å². The molecule has 134 valence electrons. The summed E-state index contributed by atoms with van der Waals surface area (Å²) < 4.78 is 24.8. The van der Waals surface area contributed by atoms with Crippen LogP contribution in [0.15, 0.2) is 53.4 Å². The fraction of sp³-hybridized carbons (Fsp3) is 0.333. The Balaban J connectivity index is 1.53. The van der Waals surface area contributed by atoms with E-state index in [4.69, 9.17) is 23.2 Å². The molecular weight excluding hydrogens is 379 g/mol. The predicted octanol–water partition coefficient (Wildman–Crippen LogP) is 3.59. The maximum absolute atomic E-state index is 12.4. The molecule has 0 atom stereocenters. The molecule has 1 aliphatic heterocycles. The molecule has 1 fully saturated rings. The molecule has 1 heterocycles. The van der Waals surface area contributed by atoms with Gasteiger partial charge in [0.2, 0.25) is 0 Å². The highest BCUT2D eigenvalue weighted by Crippen LogP contribution is 2.21. The zero-order chi connectivity index (χ0) is 17.9. The van der Waals surface area contributed by atoms with E-state index in [2.05, 4.69) is 9.80 Å². The minimum absolute atomic E-state index is 0.117. The summed E-state index contributed by atoms with van der Waals surface area (Å²) >= 11 is 11.9. The summed E-state index contributed by atoms with van der Waals surface area (Å²) in [6, 6.07) is 14.2. The Kier molecular flexibility index (Phi) is 5.89. The van der Waals surface area contributed by atoms with E-state index in [0.717, 1.165) is 36.9 Å². The average Bonchev–Trinajstić information content (AvgIpc) is 2.61. The van der Waals surface area contributed by atoms with Gasteiger partial charge in [0, 0.05) is 48.5 Å².